The first-order chi connectivity index (χ1) is 9.03. The van der Waals surface area contributed by atoms with Gasteiger partial charge < -0.3 is 5.11 Å². The molecule has 0 aliphatic heterocycles. The number of aliphatic hydroxyl groups is 1. The molecule has 0 radical (unpaired) electrons. The Labute approximate surface area is 116 Å². The van der Waals surface area contributed by atoms with E-state index in [0.717, 1.165) is 22.5 Å². The molecule has 102 valence electrons. The number of nitrogens with one attached hydrogen (secondary N) is 1. The molecule has 0 saturated carbocycles. The summed E-state index contributed by atoms with van der Waals surface area (Å²) in [6.07, 6.45) is 0. The molecule has 0 aliphatic rings. The Morgan fingerprint density at radius 3 is 2.68 bits per heavy atom. The van der Waals surface area contributed by atoms with Crippen molar-refractivity contribution in [2.24, 2.45) is 0 Å². The topological polar surface area (TPSA) is 66.4 Å². The van der Waals surface area contributed by atoms with Gasteiger partial charge in [0, 0.05) is 6.54 Å². The Morgan fingerprint density at radius 1 is 1.32 bits per heavy atom. The molecule has 1 aromatic heterocycles. The van der Waals surface area contributed by atoms with Crippen LogP contribution in [0.1, 0.15) is 16.7 Å². The van der Waals surface area contributed by atoms with E-state index in [-0.39, 0.29) is 17.4 Å². The highest BCUT2D eigenvalue weighted by Crippen LogP contribution is 2.20. The minimum absolute atomic E-state index is 0.149. The van der Waals surface area contributed by atoms with Gasteiger partial charge in [-0.1, -0.05) is 24.3 Å². The molecular weight excluding hydrogens is 282 g/mol. The molecule has 0 atom stereocenters. The molecule has 0 aliphatic carbocycles. The quantitative estimate of drug-likeness (QED) is 0.887. The Hall–Kier alpha value is -1.21. The van der Waals surface area contributed by atoms with Crippen molar-refractivity contribution in [3.05, 3.63) is 52.4 Å². The van der Waals surface area contributed by atoms with Gasteiger partial charge in [0.15, 0.2) is 0 Å². The van der Waals surface area contributed by atoms with Crippen LogP contribution in [0.4, 0.5) is 0 Å². The molecule has 1 aromatic carbocycles. The molecule has 0 fully saturated rings. The maximum absolute atomic E-state index is 12.1. The molecule has 0 bridgehead atoms. The molecule has 2 aromatic rings. The van der Waals surface area contributed by atoms with Gasteiger partial charge in [-0.05, 0) is 35.1 Å². The molecular formula is C13H15NO3S2. The number of aryl methyl sites for hydroxylation is 1. The van der Waals surface area contributed by atoms with Gasteiger partial charge in [0.1, 0.15) is 4.21 Å². The normalized spacial score (nSPS) is 11.7. The van der Waals surface area contributed by atoms with Crippen molar-refractivity contribution in [3.63, 3.8) is 0 Å². The van der Waals surface area contributed by atoms with E-state index in [0.29, 0.717) is 5.56 Å². The van der Waals surface area contributed by atoms with E-state index >= 15 is 0 Å². The molecule has 0 amide bonds. The molecule has 6 heteroatoms. The summed E-state index contributed by atoms with van der Waals surface area (Å²) in [6.45, 7) is 2.06. The zero-order valence-corrected chi connectivity index (χ0v) is 12.1. The van der Waals surface area contributed by atoms with Crippen LogP contribution in [-0.4, -0.2) is 13.5 Å². The third kappa shape index (κ3) is 3.42. The number of benzene rings is 1. The maximum atomic E-state index is 12.1. The van der Waals surface area contributed by atoms with E-state index < -0.39 is 10.0 Å². The summed E-state index contributed by atoms with van der Waals surface area (Å²) < 4.78 is 26.9. The highest BCUT2D eigenvalue weighted by molar-refractivity contribution is 7.91. The first-order valence-electron chi connectivity index (χ1n) is 5.75. The maximum Gasteiger partial charge on any atom is 0.250 e. The fourth-order valence-corrected chi connectivity index (χ4v) is 3.88. The lowest BCUT2D eigenvalue weighted by atomic mass is 10.1. The summed E-state index contributed by atoms with van der Waals surface area (Å²) in [7, 11) is -3.51. The molecule has 4 nitrogen and oxygen atoms in total. The molecule has 0 unspecified atom stereocenters. The smallest absolute Gasteiger partial charge is 0.250 e. The van der Waals surface area contributed by atoms with E-state index in [1.54, 1.807) is 5.38 Å². The van der Waals surface area contributed by atoms with Gasteiger partial charge in [-0.2, -0.15) is 0 Å². The van der Waals surface area contributed by atoms with Gasteiger partial charge >= 0.3 is 0 Å². The average molecular weight is 297 g/mol. The Bertz CT molecular complexity index is 662. The van der Waals surface area contributed by atoms with Gasteiger partial charge in [0.05, 0.1) is 6.61 Å². The zero-order chi connectivity index (χ0) is 13.9. The summed E-state index contributed by atoms with van der Waals surface area (Å²) in [5.41, 5.74) is 2.61. The fourth-order valence-electron chi connectivity index (χ4n) is 1.63. The molecule has 2 rings (SSSR count). The van der Waals surface area contributed by atoms with Crippen molar-refractivity contribution in [1.82, 2.24) is 4.72 Å². The lowest BCUT2D eigenvalue weighted by Crippen LogP contribution is -2.22. The van der Waals surface area contributed by atoms with Crippen molar-refractivity contribution in [3.8, 4) is 0 Å². The fraction of sp³-hybridized carbons (Fsp3) is 0.231. The monoisotopic (exact) mass is 297 g/mol. The van der Waals surface area contributed by atoms with Crippen LogP contribution in [0.2, 0.25) is 0 Å². The molecule has 1 heterocycles. The van der Waals surface area contributed by atoms with Gasteiger partial charge in [-0.15, -0.1) is 11.3 Å². The van der Waals surface area contributed by atoms with Crippen LogP contribution in [0.5, 0.6) is 0 Å². The third-order valence-electron chi connectivity index (χ3n) is 2.79. The molecule has 0 spiro atoms. The number of rotatable bonds is 5. The van der Waals surface area contributed by atoms with Crippen molar-refractivity contribution >= 4 is 21.4 Å². The lowest BCUT2D eigenvalue weighted by molar-refractivity contribution is 0.282. The van der Waals surface area contributed by atoms with Gasteiger partial charge in [0.2, 0.25) is 10.0 Å². The number of hydrogen-bond donors (Lipinski definition) is 2. The highest BCUT2D eigenvalue weighted by atomic mass is 32.2. The summed E-state index contributed by atoms with van der Waals surface area (Å²) in [4.78, 5) is 0. The average Bonchev–Trinajstić information content (AvgIpc) is 2.87. The number of sulfonamides is 1. The largest absolute Gasteiger partial charge is 0.392 e. The lowest BCUT2D eigenvalue weighted by Gasteiger charge is -2.07. The van der Waals surface area contributed by atoms with E-state index in [1.807, 2.05) is 31.2 Å². The van der Waals surface area contributed by atoms with Crippen LogP contribution >= 0.6 is 11.3 Å². The predicted octanol–water partition coefficient (Wildman–Crippen LogP) is 2.03. The Morgan fingerprint density at radius 2 is 2.05 bits per heavy atom. The summed E-state index contributed by atoms with van der Waals surface area (Å²) in [5, 5.41) is 10.6. The summed E-state index contributed by atoms with van der Waals surface area (Å²) >= 11 is 1.11. The second-order valence-electron chi connectivity index (χ2n) is 4.18. The van der Waals surface area contributed by atoms with Crippen LogP contribution in [0.15, 0.2) is 39.9 Å². The van der Waals surface area contributed by atoms with E-state index in [2.05, 4.69) is 4.72 Å². The van der Waals surface area contributed by atoms with E-state index in [1.165, 1.54) is 6.07 Å². The number of thiophene rings is 1. The second kappa shape index (κ2) is 5.83. The van der Waals surface area contributed by atoms with Crippen LogP contribution in [0.25, 0.3) is 0 Å². The Kier molecular flexibility index (Phi) is 4.36. The second-order valence-corrected chi connectivity index (χ2v) is 7.09. The minimum atomic E-state index is -3.51. The van der Waals surface area contributed by atoms with Gasteiger partial charge in [-0.3, -0.25) is 0 Å². The zero-order valence-electron chi connectivity index (χ0n) is 10.5. The van der Waals surface area contributed by atoms with Crippen LogP contribution in [0, 0.1) is 6.92 Å². The summed E-state index contributed by atoms with van der Waals surface area (Å²) in [6, 6.07) is 9.13. The van der Waals surface area contributed by atoms with Crippen LogP contribution in [-0.2, 0) is 23.2 Å². The van der Waals surface area contributed by atoms with Crippen LogP contribution < -0.4 is 4.72 Å². The number of hydrogen-bond acceptors (Lipinski definition) is 4. The van der Waals surface area contributed by atoms with Crippen molar-refractivity contribution < 1.29 is 13.5 Å². The van der Waals surface area contributed by atoms with E-state index in [9.17, 15) is 8.42 Å². The number of aliphatic hydroxyl groups excluding tert-OH is 1. The minimum Gasteiger partial charge on any atom is -0.392 e. The summed E-state index contributed by atoms with van der Waals surface area (Å²) in [5.74, 6) is 0. The van der Waals surface area contributed by atoms with Crippen LogP contribution in [0.3, 0.4) is 0 Å². The standard InChI is InChI=1S/C13H15NO3S2/c1-10-4-2-3-5-12(10)7-14-19(16,17)13-6-11(8-15)9-18-13/h2-6,9,14-15H,7-8H2,1H3. The molecule has 19 heavy (non-hydrogen) atoms. The van der Waals surface area contributed by atoms with E-state index in [4.69, 9.17) is 5.11 Å². The molecule has 2 N–H and O–H groups in total. The Balaban J connectivity index is 2.12. The van der Waals surface area contributed by atoms with Crippen molar-refractivity contribution in [2.45, 2.75) is 24.3 Å². The van der Waals surface area contributed by atoms with Crippen molar-refractivity contribution in [1.29, 1.82) is 0 Å². The highest BCUT2D eigenvalue weighted by Gasteiger charge is 2.16. The first kappa shape index (κ1) is 14.2. The van der Waals surface area contributed by atoms with Crippen molar-refractivity contribution in [2.75, 3.05) is 0 Å². The first-order valence-corrected chi connectivity index (χ1v) is 8.11. The predicted molar refractivity (Wildman–Crippen MR) is 75.4 cm³/mol. The molecule has 0 saturated heterocycles. The SMILES string of the molecule is Cc1ccccc1CNS(=O)(=O)c1cc(CO)cs1. The van der Waals surface area contributed by atoms with Gasteiger partial charge in [0.25, 0.3) is 0 Å². The van der Waals surface area contributed by atoms with Gasteiger partial charge in [-0.25, -0.2) is 13.1 Å². The third-order valence-corrected chi connectivity index (χ3v) is 5.68.